The molecule has 3 nitrogen and oxygen atoms in total. The molecular weight excluding hydrogens is 248 g/mol. The van der Waals surface area contributed by atoms with Gasteiger partial charge in [0.25, 0.3) is 0 Å². The van der Waals surface area contributed by atoms with Crippen molar-refractivity contribution in [3.8, 4) is 0 Å². The van der Waals surface area contributed by atoms with Crippen molar-refractivity contribution >= 4 is 17.3 Å². The fourth-order valence-corrected chi connectivity index (χ4v) is 2.14. The molecule has 1 N–H and O–H groups in total. The van der Waals surface area contributed by atoms with Crippen LogP contribution < -0.4 is 10.2 Å². The highest BCUT2D eigenvalue weighted by Gasteiger charge is 2.13. The molecule has 0 spiro atoms. The topological polar surface area (TPSA) is 24.5 Å². The monoisotopic (exact) mass is 270 g/mol. The molecule has 0 saturated heterocycles. The van der Waals surface area contributed by atoms with E-state index < -0.39 is 0 Å². The van der Waals surface area contributed by atoms with Crippen molar-refractivity contribution < 1.29 is 4.74 Å². The summed E-state index contributed by atoms with van der Waals surface area (Å²) in [5.74, 6) is 0. The van der Waals surface area contributed by atoms with Gasteiger partial charge in [-0.3, -0.25) is 0 Å². The number of nitrogens with one attached hydrogen (secondary N) is 1. The molecule has 1 aromatic carbocycles. The number of hydrogen-bond acceptors (Lipinski definition) is 3. The number of ether oxygens (including phenoxy) is 1. The van der Waals surface area contributed by atoms with Crippen molar-refractivity contribution in [2.24, 2.45) is 0 Å². The van der Waals surface area contributed by atoms with Crippen LogP contribution in [-0.2, 0) is 11.3 Å². The number of benzene rings is 1. The van der Waals surface area contributed by atoms with Gasteiger partial charge in [0.2, 0.25) is 0 Å². The molecule has 0 aromatic heterocycles. The molecule has 102 valence electrons. The SMILES string of the molecule is CCNCc1ccc(N(C)C(C)COC)c(Cl)c1. The van der Waals surface area contributed by atoms with Crippen molar-refractivity contribution in [1.29, 1.82) is 0 Å². The third-order valence-electron chi connectivity index (χ3n) is 3.04. The highest BCUT2D eigenvalue weighted by atomic mass is 35.5. The number of rotatable bonds is 7. The molecule has 0 amide bonds. The average molecular weight is 271 g/mol. The van der Waals surface area contributed by atoms with Crippen LogP contribution in [0.15, 0.2) is 18.2 Å². The van der Waals surface area contributed by atoms with Crippen LogP contribution in [0.5, 0.6) is 0 Å². The van der Waals surface area contributed by atoms with Crippen molar-refractivity contribution in [3.05, 3.63) is 28.8 Å². The minimum atomic E-state index is 0.298. The maximum atomic E-state index is 6.34. The summed E-state index contributed by atoms with van der Waals surface area (Å²) in [6, 6.07) is 6.50. The number of anilines is 1. The molecule has 1 aromatic rings. The Hall–Kier alpha value is -0.770. The number of methoxy groups -OCH3 is 1. The van der Waals surface area contributed by atoms with Gasteiger partial charge in [-0.15, -0.1) is 0 Å². The van der Waals surface area contributed by atoms with E-state index in [0.717, 1.165) is 23.8 Å². The average Bonchev–Trinajstić information content (AvgIpc) is 2.36. The van der Waals surface area contributed by atoms with Gasteiger partial charge in [0, 0.05) is 26.7 Å². The first-order valence-corrected chi connectivity index (χ1v) is 6.68. The number of nitrogens with zero attached hydrogens (tertiary/aromatic N) is 1. The van der Waals surface area contributed by atoms with Crippen molar-refractivity contribution in [1.82, 2.24) is 5.32 Å². The van der Waals surface area contributed by atoms with E-state index in [4.69, 9.17) is 16.3 Å². The lowest BCUT2D eigenvalue weighted by Gasteiger charge is -2.27. The summed E-state index contributed by atoms with van der Waals surface area (Å²) in [7, 11) is 3.75. The first kappa shape index (κ1) is 15.3. The predicted molar refractivity (Wildman–Crippen MR) is 78.6 cm³/mol. The Morgan fingerprint density at radius 2 is 2.17 bits per heavy atom. The molecule has 0 bridgehead atoms. The molecule has 18 heavy (non-hydrogen) atoms. The third kappa shape index (κ3) is 4.16. The van der Waals surface area contributed by atoms with E-state index in [1.54, 1.807) is 7.11 Å². The van der Waals surface area contributed by atoms with Gasteiger partial charge in [-0.2, -0.15) is 0 Å². The first-order valence-electron chi connectivity index (χ1n) is 6.31. The molecule has 0 aliphatic heterocycles. The summed E-state index contributed by atoms with van der Waals surface area (Å²) in [5, 5.41) is 4.08. The van der Waals surface area contributed by atoms with Crippen LogP contribution in [0.3, 0.4) is 0 Å². The van der Waals surface area contributed by atoms with Gasteiger partial charge in [0.1, 0.15) is 0 Å². The molecule has 0 saturated carbocycles. The van der Waals surface area contributed by atoms with Crippen LogP contribution >= 0.6 is 11.6 Å². The zero-order valence-corrected chi connectivity index (χ0v) is 12.4. The third-order valence-corrected chi connectivity index (χ3v) is 3.34. The van der Waals surface area contributed by atoms with Crippen LogP contribution in [0.1, 0.15) is 19.4 Å². The Labute approximate surface area is 115 Å². The van der Waals surface area contributed by atoms with E-state index in [1.807, 2.05) is 13.1 Å². The van der Waals surface area contributed by atoms with E-state index in [-0.39, 0.29) is 0 Å². The molecule has 0 aliphatic rings. The van der Waals surface area contributed by atoms with Crippen molar-refractivity contribution in [2.75, 3.05) is 32.2 Å². The van der Waals surface area contributed by atoms with Crippen LogP contribution in [0.4, 0.5) is 5.69 Å². The lowest BCUT2D eigenvalue weighted by atomic mass is 10.1. The zero-order valence-electron chi connectivity index (χ0n) is 11.7. The van der Waals surface area contributed by atoms with Crippen LogP contribution in [-0.4, -0.2) is 33.4 Å². The number of likely N-dealkylation sites (N-methyl/N-ethyl adjacent to an activating group) is 1. The zero-order chi connectivity index (χ0) is 13.5. The smallest absolute Gasteiger partial charge is 0.0663 e. The van der Waals surface area contributed by atoms with Gasteiger partial charge in [-0.1, -0.05) is 24.6 Å². The molecule has 0 fully saturated rings. The highest BCUT2D eigenvalue weighted by molar-refractivity contribution is 6.33. The lowest BCUT2D eigenvalue weighted by Crippen LogP contribution is -2.32. The van der Waals surface area contributed by atoms with Gasteiger partial charge in [0.15, 0.2) is 0 Å². The Kier molecular flexibility index (Phi) is 6.47. The Morgan fingerprint density at radius 1 is 1.44 bits per heavy atom. The van der Waals surface area contributed by atoms with Crippen LogP contribution in [0, 0.1) is 0 Å². The highest BCUT2D eigenvalue weighted by Crippen LogP contribution is 2.27. The molecule has 4 heteroatoms. The summed E-state index contributed by atoms with van der Waals surface area (Å²) in [5.41, 5.74) is 2.25. The number of halogens is 1. The van der Waals surface area contributed by atoms with Gasteiger partial charge in [-0.05, 0) is 31.2 Å². The fraction of sp³-hybridized carbons (Fsp3) is 0.571. The summed E-state index contributed by atoms with van der Waals surface area (Å²) in [6.45, 7) is 6.71. The van der Waals surface area contributed by atoms with Gasteiger partial charge < -0.3 is 15.0 Å². The van der Waals surface area contributed by atoms with Gasteiger partial charge in [-0.25, -0.2) is 0 Å². The quantitative estimate of drug-likeness (QED) is 0.825. The summed E-state index contributed by atoms with van der Waals surface area (Å²) in [6.07, 6.45) is 0. The minimum Gasteiger partial charge on any atom is -0.383 e. The van der Waals surface area contributed by atoms with E-state index in [1.165, 1.54) is 5.56 Å². The standard InChI is InChI=1S/C14H23ClN2O/c1-5-16-9-12-6-7-14(13(15)8-12)17(3)11(2)10-18-4/h6-8,11,16H,5,9-10H2,1-4H3. The first-order chi connectivity index (χ1) is 8.60. The summed E-state index contributed by atoms with van der Waals surface area (Å²) >= 11 is 6.34. The second kappa shape index (κ2) is 7.62. The molecule has 0 heterocycles. The van der Waals surface area contributed by atoms with Crippen molar-refractivity contribution in [3.63, 3.8) is 0 Å². The minimum absolute atomic E-state index is 0.298. The fourth-order valence-electron chi connectivity index (χ4n) is 1.81. The maximum Gasteiger partial charge on any atom is 0.0663 e. The van der Waals surface area contributed by atoms with Gasteiger partial charge >= 0.3 is 0 Å². The van der Waals surface area contributed by atoms with Gasteiger partial charge in [0.05, 0.1) is 17.3 Å². The molecule has 1 atom stereocenters. The van der Waals surface area contributed by atoms with E-state index >= 15 is 0 Å². The Morgan fingerprint density at radius 3 is 2.72 bits per heavy atom. The molecule has 1 rings (SSSR count). The largest absolute Gasteiger partial charge is 0.383 e. The van der Waals surface area contributed by atoms with E-state index in [2.05, 4.69) is 36.2 Å². The number of hydrogen-bond donors (Lipinski definition) is 1. The maximum absolute atomic E-state index is 6.34. The normalized spacial score (nSPS) is 12.5. The van der Waals surface area contributed by atoms with Crippen molar-refractivity contribution in [2.45, 2.75) is 26.4 Å². The predicted octanol–water partition coefficient (Wildman–Crippen LogP) is 2.92. The molecular formula is C14H23ClN2O. The van der Waals surface area contributed by atoms with E-state index in [0.29, 0.717) is 12.6 Å². The van der Waals surface area contributed by atoms with Crippen LogP contribution in [0.25, 0.3) is 0 Å². The second-order valence-electron chi connectivity index (χ2n) is 4.48. The molecule has 1 unspecified atom stereocenters. The van der Waals surface area contributed by atoms with E-state index in [9.17, 15) is 0 Å². The summed E-state index contributed by atoms with van der Waals surface area (Å²) in [4.78, 5) is 2.14. The Bertz CT molecular complexity index is 371. The molecule has 0 aliphatic carbocycles. The summed E-state index contributed by atoms with van der Waals surface area (Å²) < 4.78 is 5.17. The Balaban J connectivity index is 2.78. The molecule has 0 radical (unpaired) electrons. The lowest BCUT2D eigenvalue weighted by molar-refractivity contribution is 0.183. The second-order valence-corrected chi connectivity index (χ2v) is 4.89. The van der Waals surface area contributed by atoms with Crippen LogP contribution in [0.2, 0.25) is 5.02 Å².